The van der Waals surface area contributed by atoms with Crippen molar-refractivity contribution in [3.63, 3.8) is 0 Å². The van der Waals surface area contributed by atoms with Crippen LogP contribution in [-0.4, -0.2) is 31.0 Å². The summed E-state index contributed by atoms with van der Waals surface area (Å²) in [4.78, 5) is 0. The summed E-state index contributed by atoms with van der Waals surface area (Å²) in [6.07, 6.45) is 19.6. The van der Waals surface area contributed by atoms with Crippen molar-refractivity contribution in [2.75, 3.05) is 26.5 Å². The van der Waals surface area contributed by atoms with E-state index in [1.165, 1.54) is 102 Å². The number of benzene rings is 1. The third kappa shape index (κ3) is 15.1. The number of halogens is 1. The van der Waals surface area contributed by atoms with Crippen molar-refractivity contribution in [3.05, 3.63) is 35.9 Å². The summed E-state index contributed by atoms with van der Waals surface area (Å²) in [5.41, 5.74) is 1.46. The van der Waals surface area contributed by atoms with E-state index in [0.29, 0.717) is 0 Å². The topological polar surface area (TPSA) is 0 Å². The molecule has 0 spiro atoms. The van der Waals surface area contributed by atoms with Gasteiger partial charge in [-0.2, -0.15) is 0 Å². The molecule has 0 saturated heterocycles. The molecule has 1 aromatic rings. The van der Waals surface area contributed by atoms with Crippen LogP contribution >= 0.6 is 11.6 Å². The van der Waals surface area contributed by atoms with Crippen molar-refractivity contribution in [2.45, 2.75) is 96.4 Å². The Morgan fingerprint density at radius 1 is 0.593 bits per heavy atom. The van der Waals surface area contributed by atoms with Crippen molar-refractivity contribution >= 4 is 11.6 Å². The van der Waals surface area contributed by atoms with Crippen molar-refractivity contribution in [2.24, 2.45) is 0 Å². The second kappa shape index (κ2) is 16.4. The van der Waals surface area contributed by atoms with Crippen LogP contribution in [0.25, 0.3) is 0 Å². The highest BCUT2D eigenvalue weighted by atomic mass is 35.5. The quantitative estimate of drug-likeness (QED) is 0.134. The van der Waals surface area contributed by atoms with Gasteiger partial charge in [0.2, 0.25) is 0 Å². The molecule has 0 aliphatic carbocycles. The molecule has 0 N–H and O–H groups in total. The molecule has 156 valence electrons. The maximum absolute atomic E-state index is 5.70. The highest BCUT2D eigenvalue weighted by Crippen LogP contribution is 2.15. The molecule has 0 saturated carbocycles. The first kappa shape index (κ1) is 24.5. The minimum atomic E-state index is 0.838. The first-order valence-corrected chi connectivity index (χ1v) is 12.1. The maximum Gasteiger partial charge on any atom is 0.104 e. The molecule has 0 unspecified atom stereocenters. The highest BCUT2D eigenvalue weighted by molar-refractivity contribution is 6.17. The van der Waals surface area contributed by atoms with Gasteiger partial charge in [0, 0.05) is 11.4 Å². The first-order valence-electron chi connectivity index (χ1n) is 11.6. The van der Waals surface area contributed by atoms with Gasteiger partial charge in [-0.05, 0) is 19.3 Å². The van der Waals surface area contributed by atoms with Crippen LogP contribution in [0.3, 0.4) is 0 Å². The lowest BCUT2D eigenvalue weighted by Gasteiger charge is -2.30. The second-order valence-electron chi connectivity index (χ2n) is 8.94. The average molecular weight is 395 g/mol. The third-order valence-corrected chi connectivity index (χ3v) is 5.87. The Bertz CT molecular complexity index is 429. The molecule has 1 aromatic carbocycles. The van der Waals surface area contributed by atoms with Crippen LogP contribution in [0, 0.1) is 0 Å². The number of quaternary nitrogens is 1. The normalized spacial score (nSPS) is 11.8. The van der Waals surface area contributed by atoms with E-state index in [9.17, 15) is 0 Å². The minimum absolute atomic E-state index is 0.838. The lowest BCUT2D eigenvalue weighted by molar-refractivity contribution is -0.903. The number of nitrogens with zero attached hydrogens (tertiary/aromatic N) is 1. The minimum Gasteiger partial charge on any atom is -0.325 e. The lowest BCUT2D eigenvalue weighted by atomic mass is 10.0. The van der Waals surface area contributed by atoms with Crippen molar-refractivity contribution < 1.29 is 4.48 Å². The fourth-order valence-corrected chi connectivity index (χ4v) is 4.10. The van der Waals surface area contributed by atoms with Crippen LogP contribution < -0.4 is 0 Å². The molecule has 1 nitrogen and oxygen atoms in total. The zero-order valence-electron chi connectivity index (χ0n) is 18.2. The van der Waals surface area contributed by atoms with Crippen molar-refractivity contribution in [1.82, 2.24) is 0 Å². The fraction of sp³-hybridized carbons (Fsp3) is 0.760. The smallest absolute Gasteiger partial charge is 0.104 e. The zero-order valence-corrected chi connectivity index (χ0v) is 19.0. The number of rotatable bonds is 18. The van der Waals surface area contributed by atoms with Gasteiger partial charge < -0.3 is 4.48 Å². The molecule has 0 aliphatic heterocycles. The molecule has 1 rings (SSSR count). The largest absolute Gasteiger partial charge is 0.325 e. The van der Waals surface area contributed by atoms with Gasteiger partial charge in [-0.15, -0.1) is 11.6 Å². The summed E-state index contributed by atoms with van der Waals surface area (Å²) in [5, 5.41) is 0. The predicted octanol–water partition coefficient (Wildman–Crippen LogP) is 7.96. The van der Waals surface area contributed by atoms with E-state index in [1.54, 1.807) is 0 Å². The van der Waals surface area contributed by atoms with Crippen molar-refractivity contribution in [1.29, 1.82) is 0 Å². The summed E-state index contributed by atoms with van der Waals surface area (Å²) in [5.74, 6) is 0.838. The van der Waals surface area contributed by atoms with Crippen LogP contribution in [0.15, 0.2) is 30.3 Å². The van der Waals surface area contributed by atoms with Gasteiger partial charge in [0.1, 0.15) is 6.54 Å². The van der Waals surface area contributed by atoms with Crippen LogP contribution in [0.4, 0.5) is 0 Å². The van der Waals surface area contributed by atoms with Gasteiger partial charge in [0.05, 0.1) is 20.6 Å². The van der Waals surface area contributed by atoms with Crippen LogP contribution in [-0.2, 0) is 6.54 Å². The summed E-state index contributed by atoms with van der Waals surface area (Å²) in [6, 6.07) is 10.9. The van der Waals surface area contributed by atoms with Crippen LogP contribution in [0.1, 0.15) is 95.5 Å². The Kier molecular flexibility index (Phi) is 14.9. The number of unbranched alkanes of at least 4 members (excludes halogenated alkanes) is 13. The van der Waals surface area contributed by atoms with E-state index >= 15 is 0 Å². The summed E-state index contributed by atoms with van der Waals surface area (Å²) in [6.45, 7) is 2.44. The van der Waals surface area contributed by atoms with Gasteiger partial charge in [-0.3, -0.25) is 0 Å². The molecule has 0 aliphatic rings. The Labute approximate surface area is 175 Å². The lowest BCUT2D eigenvalue weighted by Crippen LogP contribution is -2.39. The van der Waals surface area contributed by atoms with E-state index < -0.39 is 0 Å². The van der Waals surface area contributed by atoms with E-state index in [2.05, 4.69) is 44.4 Å². The van der Waals surface area contributed by atoms with Gasteiger partial charge >= 0.3 is 0 Å². The second-order valence-corrected chi connectivity index (χ2v) is 9.32. The van der Waals surface area contributed by atoms with Gasteiger partial charge in [-0.1, -0.05) is 101 Å². The summed E-state index contributed by atoms with van der Waals surface area (Å²) >= 11 is 5.70. The SMILES string of the molecule is C[N+](C)(CCCCCCCCCCCCCCCCCl)Cc1ccccc1. The number of alkyl halides is 1. The fourth-order valence-electron chi connectivity index (χ4n) is 3.91. The average Bonchev–Trinajstić information content (AvgIpc) is 2.65. The molecule has 2 heteroatoms. The Morgan fingerprint density at radius 3 is 1.44 bits per heavy atom. The first-order chi connectivity index (χ1) is 13.1. The van der Waals surface area contributed by atoms with E-state index in [0.717, 1.165) is 16.9 Å². The molecule has 0 bridgehead atoms. The van der Waals surface area contributed by atoms with E-state index in [-0.39, 0.29) is 0 Å². The Morgan fingerprint density at radius 2 is 1.00 bits per heavy atom. The number of hydrogen-bond donors (Lipinski definition) is 0. The standard InChI is InChI=1S/C25H45ClN/c1-27(2,24-25-20-16-15-17-21-25)23-19-14-12-10-8-6-4-3-5-7-9-11-13-18-22-26/h15-17,20-21H,3-14,18-19,22-24H2,1-2H3/q+1. The predicted molar refractivity (Wildman–Crippen MR) is 122 cm³/mol. The highest BCUT2D eigenvalue weighted by Gasteiger charge is 2.14. The van der Waals surface area contributed by atoms with Crippen LogP contribution in [0.2, 0.25) is 0 Å². The molecule has 0 fully saturated rings. The molecule has 27 heavy (non-hydrogen) atoms. The molecular weight excluding hydrogens is 350 g/mol. The number of hydrogen-bond acceptors (Lipinski definition) is 0. The maximum atomic E-state index is 5.70. The molecule has 0 aromatic heterocycles. The third-order valence-electron chi connectivity index (χ3n) is 5.60. The van der Waals surface area contributed by atoms with Crippen molar-refractivity contribution in [3.8, 4) is 0 Å². The zero-order chi connectivity index (χ0) is 19.6. The molecule has 0 atom stereocenters. The molecule has 0 amide bonds. The monoisotopic (exact) mass is 394 g/mol. The molecule has 0 heterocycles. The van der Waals surface area contributed by atoms with E-state index in [1.807, 2.05) is 0 Å². The Hall–Kier alpha value is -0.530. The van der Waals surface area contributed by atoms with Gasteiger partial charge in [0.25, 0.3) is 0 Å². The molecular formula is C25H45ClN+. The Balaban J connectivity index is 1.85. The van der Waals surface area contributed by atoms with Gasteiger partial charge in [-0.25, -0.2) is 0 Å². The van der Waals surface area contributed by atoms with E-state index in [4.69, 9.17) is 11.6 Å². The summed E-state index contributed by atoms with van der Waals surface area (Å²) in [7, 11) is 4.73. The van der Waals surface area contributed by atoms with Gasteiger partial charge in [0.15, 0.2) is 0 Å². The van der Waals surface area contributed by atoms with Crippen LogP contribution in [0.5, 0.6) is 0 Å². The molecule has 0 radical (unpaired) electrons. The summed E-state index contributed by atoms with van der Waals surface area (Å²) < 4.78 is 1.11.